The van der Waals surface area contributed by atoms with Crippen molar-refractivity contribution >= 4 is 32.7 Å². The molecule has 11 heteroatoms. The Balaban J connectivity index is -0.0000000195. The number of thiol groups is 1. The number of unbranched alkanes of at least 4 members (excludes halogenated alkanes) is 2. The molecule has 0 spiro atoms. The fourth-order valence-electron chi connectivity index (χ4n) is 1.49. The van der Waals surface area contributed by atoms with Crippen molar-refractivity contribution < 1.29 is 59.9 Å². The van der Waals surface area contributed by atoms with Crippen LogP contribution in [-0.2, 0) is 21.9 Å². The Morgan fingerprint density at radius 1 is 0.500 bits per heavy atom. The zero-order valence-corrected chi connectivity index (χ0v) is 49.4. The first kappa shape index (κ1) is 132. The fourth-order valence-corrected chi connectivity index (χ4v) is 1.49. The van der Waals surface area contributed by atoms with E-state index in [4.69, 9.17) is 33.4 Å². The van der Waals surface area contributed by atoms with Crippen LogP contribution >= 0.6 is 0 Å². The largest absolute Gasteiger partial charge is 0.748 e. The maximum absolute atomic E-state index is 9.08. The van der Waals surface area contributed by atoms with Crippen molar-refractivity contribution in [1.29, 1.82) is 0 Å². The molecule has 0 unspecified atom stereocenters. The van der Waals surface area contributed by atoms with Gasteiger partial charge in [-0.25, -0.2) is 8.42 Å². The van der Waals surface area contributed by atoms with E-state index in [0.717, 1.165) is 0 Å². The van der Waals surface area contributed by atoms with Crippen molar-refractivity contribution in [3.8, 4) is 0 Å². The van der Waals surface area contributed by atoms with Crippen molar-refractivity contribution in [2.45, 2.75) is 260 Å². The fraction of sp³-hybridized carbons (Fsp3) is 0.818. The van der Waals surface area contributed by atoms with Crippen molar-refractivity contribution in [2.24, 2.45) is 0 Å². The van der Waals surface area contributed by atoms with Crippen LogP contribution in [0.5, 0.6) is 0 Å². The molecule has 0 radical (unpaired) electrons. The van der Waals surface area contributed by atoms with Crippen LogP contribution in [0.15, 0.2) is 48.5 Å². The van der Waals surface area contributed by atoms with E-state index in [1.54, 1.807) is 83.1 Å². The van der Waals surface area contributed by atoms with Gasteiger partial charge in [-0.05, 0) is 106 Å². The minimum Gasteiger partial charge on any atom is -0.748 e. The van der Waals surface area contributed by atoms with Crippen molar-refractivity contribution in [1.82, 2.24) is 0 Å². The van der Waals surface area contributed by atoms with Crippen LogP contribution in [0, 0.1) is 0 Å². The highest BCUT2D eigenvalue weighted by Crippen LogP contribution is 2.11. The molecule has 6 N–H and O–H groups in total. The molecule has 0 heterocycles. The number of rotatable bonds is 2. The number of nitrogens with two attached hydrogens (primary N) is 1. The molecule has 2 aromatic carbocycles. The van der Waals surface area contributed by atoms with Gasteiger partial charge in [0.2, 0.25) is 0 Å². The molecule has 0 fully saturated rings. The number of halogens is 1. The van der Waals surface area contributed by atoms with E-state index in [9.17, 15) is 0 Å². The summed E-state index contributed by atoms with van der Waals surface area (Å²) in [5, 5.41) is 38.7. The van der Waals surface area contributed by atoms with Crippen LogP contribution in [0.3, 0.4) is 0 Å². The van der Waals surface area contributed by atoms with Gasteiger partial charge in [0.05, 0.1) is 59.1 Å². The van der Waals surface area contributed by atoms with Crippen molar-refractivity contribution in [2.75, 3.05) is 42.7 Å². The Kier molecular flexibility index (Phi) is 212. The van der Waals surface area contributed by atoms with Crippen molar-refractivity contribution in [3.63, 3.8) is 0 Å². The monoisotopic (exact) mass is 1120 g/mol. The highest BCUT2D eigenvalue weighted by atomic mass is 127. The number of hydrogen-bond acceptors (Lipinski definition) is 7. The van der Waals surface area contributed by atoms with Gasteiger partial charge in [0.15, 0.2) is 0 Å². The number of quaternary nitrogens is 1. The number of fused-ring (bicyclic) bond motifs is 1. The Bertz CT molecular complexity index is 833. The van der Waals surface area contributed by atoms with Gasteiger partial charge in [-0.15, -0.1) is 0 Å². The predicted molar refractivity (Wildman–Crippen MR) is 323 cm³/mol. The van der Waals surface area contributed by atoms with Gasteiger partial charge in [-0.1, -0.05) is 203 Å². The van der Waals surface area contributed by atoms with Crippen molar-refractivity contribution in [3.05, 3.63) is 48.5 Å². The zero-order valence-electron chi connectivity index (χ0n) is 45.6. The molecule has 8 nitrogen and oxygen atoms in total. The summed E-state index contributed by atoms with van der Waals surface area (Å²) < 4.78 is 27.2. The van der Waals surface area contributed by atoms with E-state index >= 15 is 0 Å². The minimum atomic E-state index is -3.92. The van der Waals surface area contributed by atoms with Crippen LogP contribution in [0.25, 0.3) is 10.8 Å². The van der Waals surface area contributed by atoms with Gasteiger partial charge in [0.1, 0.15) is 9.86 Å². The first-order valence-electron chi connectivity index (χ1n) is 21.4. The smallest absolute Gasteiger partial charge is 0.261 e. The molecule has 0 saturated heterocycles. The molecule has 0 saturated carbocycles. The third kappa shape index (κ3) is 653. The second-order valence-corrected chi connectivity index (χ2v) is 19.0. The van der Waals surface area contributed by atoms with Crippen LogP contribution < -0.4 is 26.5 Å². The average molecular weight is 1120 g/mol. The first-order valence-corrected chi connectivity index (χ1v) is 29.3. The normalized spacial score (nSPS) is 7.94. The van der Waals surface area contributed by atoms with E-state index in [2.05, 4.69) is 84.8 Å². The Labute approximate surface area is 441 Å². The molecule has 426 valence electrons. The molecule has 2 rings (SSSR count). The first-order chi connectivity index (χ1) is 26.6. The molecule has 0 aliphatic rings. The van der Waals surface area contributed by atoms with Crippen LogP contribution in [-0.4, -0.2) is 98.5 Å². The van der Waals surface area contributed by atoms with Crippen LogP contribution in [0.2, 0.25) is 0 Å². The van der Waals surface area contributed by atoms with Crippen LogP contribution in [0.4, 0.5) is 0 Å². The topological polar surface area (TPSA) is 155 Å². The van der Waals surface area contributed by atoms with E-state index in [1.807, 2.05) is 88.6 Å². The molecule has 0 bridgehead atoms. The summed E-state index contributed by atoms with van der Waals surface area (Å²) in [6, 6.07) is 16.7. The zero-order chi connectivity index (χ0) is 51.6. The second-order valence-electron chi connectivity index (χ2n) is 14.5. The molecular weight excluding hydrogens is 978 g/mol. The molecular formula is C55H142INO7S2+2. The summed E-state index contributed by atoms with van der Waals surface area (Å²) in [6.45, 7) is 45.3. The standard InChI is InChI=1S/C10H8.C5H12.4C4H10O.C2H6I.C2H7N.C2H6S.5C2H6.CH4O3S.7CH4/c1-2-6-10-8-4-3-7-9(10)5-1;1-3-5-4-2;4*1-4(2,3)5;3*1-3-2;5*1-2;1-5(2,3)4;;;;;;;/h1-8H;3-5H2,1-2H3;4*5H,1-3H3;1-2H3;3H,1-2H3;1-2H3;5*1-2H3;1H3,(H,2,3,4);7*1H4/q;;;;;;+1;;;;;;;;;;;;;;;/p+1. The lowest BCUT2D eigenvalue weighted by Gasteiger charge is -2.04. The quantitative estimate of drug-likeness (QED) is 0.0659. The van der Waals surface area contributed by atoms with E-state index in [0.29, 0.717) is 27.5 Å². The highest BCUT2D eigenvalue weighted by Gasteiger charge is 1.99. The number of aliphatic hydroxyl groups is 4. The maximum atomic E-state index is 9.08. The molecule has 0 amide bonds. The molecule has 0 aromatic heterocycles. The predicted octanol–water partition coefficient (Wildman–Crippen LogP) is 13.1. The molecule has 66 heavy (non-hydrogen) atoms. The van der Waals surface area contributed by atoms with Gasteiger partial charge >= 0.3 is 0 Å². The lowest BCUT2D eigenvalue weighted by atomic mass is 10.1. The van der Waals surface area contributed by atoms with Crippen LogP contribution in [0.1, 0.15) is 237 Å². The molecule has 0 atom stereocenters. The summed E-state index contributed by atoms with van der Waals surface area (Å²) in [4.78, 5) is 4.47. The molecule has 2 aromatic rings. The number of alkyl halides is 2. The van der Waals surface area contributed by atoms with E-state index in [-0.39, 0.29) is 52.0 Å². The third-order valence-corrected chi connectivity index (χ3v) is 2.37. The molecule has 0 aliphatic heterocycles. The Morgan fingerprint density at radius 2 is 0.576 bits per heavy atom. The minimum absolute atomic E-state index is 0. The lowest BCUT2D eigenvalue weighted by Crippen LogP contribution is -3.59. The second kappa shape index (κ2) is 106. The lowest BCUT2D eigenvalue weighted by molar-refractivity contribution is -0.597. The molecule has 0 aliphatic carbocycles. The third-order valence-electron chi connectivity index (χ3n) is 2.37. The number of hydrogen-bond donors (Lipinski definition) is 5. The van der Waals surface area contributed by atoms with Gasteiger partial charge < -0.3 is 30.3 Å². The summed E-state index contributed by atoms with van der Waals surface area (Å²) in [5.74, 6) is 0. The van der Waals surface area contributed by atoms with E-state index < -0.39 is 32.5 Å². The summed E-state index contributed by atoms with van der Waals surface area (Å²) in [7, 11) is 0.0833. The van der Waals surface area contributed by atoms with Gasteiger partial charge in [0.25, 0.3) is 21.2 Å². The van der Waals surface area contributed by atoms with Gasteiger partial charge in [0, 0.05) is 6.26 Å². The Morgan fingerprint density at radius 3 is 0.621 bits per heavy atom. The van der Waals surface area contributed by atoms with Gasteiger partial charge in [-0.2, -0.15) is 0 Å². The number of benzene rings is 2. The summed E-state index contributed by atoms with van der Waals surface area (Å²) in [5.41, 5.74) is -2.00. The summed E-state index contributed by atoms with van der Waals surface area (Å²) >= 11 is 2.01. The Hall–Kier alpha value is -0.510. The average Bonchev–Trinajstić information content (AvgIpc) is 3.08. The highest BCUT2D eigenvalue weighted by molar-refractivity contribution is 7.84. The van der Waals surface area contributed by atoms with E-state index in [1.165, 1.54) is 41.8 Å². The van der Waals surface area contributed by atoms with Gasteiger partial charge in [-0.3, -0.25) is 0 Å². The SMILES string of the molecule is C.C.C.C.C.C.C.CC.CC.CC.CC.CC.CC(C)(C)O.CC(C)(C)O.CC(C)(C)O.CC(C)(C)O.CCCCC.CS(=O)(=O)[O-].C[I+]C.C[NH2+]C.C[SH+]C.c1ccc2ccccc2c1. The maximum Gasteiger partial charge on any atom is 0.261 e. The summed E-state index contributed by atoms with van der Waals surface area (Å²) in [6.07, 6.45) is 8.88.